The number of hydrogen-bond donors (Lipinski definition) is 0. The molecule has 0 atom stereocenters. The molecule has 1 aliphatic rings. The summed E-state index contributed by atoms with van der Waals surface area (Å²) < 4.78 is 5.76. The molecule has 0 unspecified atom stereocenters. The highest BCUT2D eigenvalue weighted by Crippen LogP contribution is 2.42. The third-order valence-corrected chi connectivity index (χ3v) is 4.40. The lowest BCUT2D eigenvalue weighted by Gasteiger charge is -2.03. The zero-order valence-corrected chi connectivity index (χ0v) is 12.2. The lowest BCUT2D eigenvalue weighted by Crippen LogP contribution is -1.95. The summed E-state index contributed by atoms with van der Waals surface area (Å²) in [5.74, 6) is 1.45. The van der Waals surface area contributed by atoms with Gasteiger partial charge < -0.3 is 4.74 Å². The average molecular weight is 284 g/mol. The Bertz CT molecular complexity index is 635. The summed E-state index contributed by atoms with van der Waals surface area (Å²) in [6.07, 6.45) is 2.88. The van der Waals surface area contributed by atoms with Gasteiger partial charge in [-0.05, 0) is 31.9 Å². The normalized spacial score (nSPS) is 14.0. The van der Waals surface area contributed by atoms with E-state index in [1.165, 1.54) is 18.4 Å². The van der Waals surface area contributed by atoms with Gasteiger partial charge >= 0.3 is 0 Å². The van der Waals surface area contributed by atoms with E-state index in [1.807, 2.05) is 24.3 Å². The predicted molar refractivity (Wildman–Crippen MR) is 78.9 cm³/mol. The number of thiazole rings is 1. The Morgan fingerprint density at radius 1 is 1.35 bits per heavy atom. The highest BCUT2D eigenvalue weighted by molar-refractivity contribution is 7.11. The molecule has 0 bridgehead atoms. The van der Waals surface area contributed by atoms with Crippen LogP contribution < -0.4 is 4.74 Å². The van der Waals surface area contributed by atoms with Gasteiger partial charge in [-0.15, -0.1) is 11.3 Å². The molecule has 0 N–H and O–H groups in total. The molecule has 0 amide bonds. The first kappa shape index (κ1) is 13.1. The van der Waals surface area contributed by atoms with Gasteiger partial charge in [0.2, 0.25) is 0 Å². The maximum Gasteiger partial charge on any atom is 0.140 e. The van der Waals surface area contributed by atoms with Crippen molar-refractivity contribution in [1.82, 2.24) is 4.98 Å². The predicted octanol–water partition coefficient (Wildman–Crippen LogP) is 3.97. The second-order valence-electron chi connectivity index (χ2n) is 5.13. The third kappa shape index (κ3) is 3.00. The number of aryl methyl sites for hydroxylation is 1. The van der Waals surface area contributed by atoms with Crippen LogP contribution in [0, 0.1) is 18.3 Å². The Labute approximate surface area is 122 Å². The topological polar surface area (TPSA) is 45.9 Å². The van der Waals surface area contributed by atoms with Gasteiger partial charge in [-0.25, -0.2) is 4.98 Å². The maximum absolute atomic E-state index is 8.89. The fraction of sp³-hybridized carbons (Fsp3) is 0.375. The van der Waals surface area contributed by atoms with E-state index in [4.69, 9.17) is 10.00 Å². The summed E-state index contributed by atoms with van der Waals surface area (Å²) in [5, 5.41) is 9.86. The van der Waals surface area contributed by atoms with Crippen molar-refractivity contribution in [2.24, 2.45) is 0 Å². The molecule has 20 heavy (non-hydrogen) atoms. The van der Waals surface area contributed by atoms with Gasteiger partial charge in [-0.3, -0.25) is 0 Å². The first-order valence-electron chi connectivity index (χ1n) is 6.81. The molecule has 1 saturated carbocycles. The molecule has 102 valence electrons. The van der Waals surface area contributed by atoms with Gasteiger partial charge in [0, 0.05) is 10.8 Å². The summed E-state index contributed by atoms with van der Waals surface area (Å²) in [4.78, 5) is 5.79. The van der Waals surface area contributed by atoms with E-state index in [-0.39, 0.29) is 0 Å². The Hall–Kier alpha value is -1.86. The zero-order valence-electron chi connectivity index (χ0n) is 11.4. The van der Waals surface area contributed by atoms with E-state index in [0.29, 0.717) is 18.9 Å². The van der Waals surface area contributed by atoms with Crippen molar-refractivity contribution in [2.75, 3.05) is 0 Å². The minimum atomic E-state index is 0.466. The van der Waals surface area contributed by atoms with Crippen molar-refractivity contribution < 1.29 is 4.74 Å². The Kier molecular flexibility index (Phi) is 3.70. The molecule has 3 rings (SSSR count). The fourth-order valence-corrected chi connectivity index (χ4v) is 3.13. The van der Waals surface area contributed by atoms with Crippen LogP contribution in [0.2, 0.25) is 0 Å². The number of aromatic nitrogens is 1. The van der Waals surface area contributed by atoms with Gasteiger partial charge in [0.1, 0.15) is 17.4 Å². The third-order valence-electron chi connectivity index (χ3n) is 3.36. The van der Waals surface area contributed by atoms with Crippen LogP contribution in [-0.4, -0.2) is 4.98 Å². The van der Waals surface area contributed by atoms with E-state index in [0.717, 1.165) is 21.3 Å². The zero-order chi connectivity index (χ0) is 13.9. The molecule has 1 fully saturated rings. The van der Waals surface area contributed by atoms with Crippen molar-refractivity contribution in [3.8, 4) is 11.8 Å². The number of nitriles is 1. The van der Waals surface area contributed by atoms with Gasteiger partial charge in [0.25, 0.3) is 0 Å². The summed E-state index contributed by atoms with van der Waals surface area (Å²) in [5.41, 5.74) is 2.36. The number of nitrogens with zero attached hydrogens (tertiary/aromatic N) is 2. The minimum absolute atomic E-state index is 0.466. The molecule has 1 aliphatic carbocycles. The van der Waals surface area contributed by atoms with Crippen LogP contribution in [-0.2, 0) is 13.0 Å². The smallest absolute Gasteiger partial charge is 0.140 e. The molecule has 1 aromatic carbocycles. The average Bonchev–Trinajstić information content (AvgIpc) is 3.21. The monoisotopic (exact) mass is 284 g/mol. The molecule has 0 saturated heterocycles. The Morgan fingerprint density at radius 2 is 2.10 bits per heavy atom. The molecule has 2 aromatic rings. The van der Waals surface area contributed by atoms with Crippen LogP contribution >= 0.6 is 11.3 Å². The molecule has 0 spiro atoms. The second-order valence-corrected chi connectivity index (χ2v) is 6.30. The van der Waals surface area contributed by atoms with Crippen molar-refractivity contribution in [1.29, 1.82) is 5.26 Å². The molecule has 0 radical (unpaired) electrons. The molecule has 0 aliphatic heterocycles. The molecule has 3 nitrogen and oxygen atoms in total. The molecule has 4 heteroatoms. The van der Waals surface area contributed by atoms with Crippen molar-refractivity contribution in [3.63, 3.8) is 0 Å². The van der Waals surface area contributed by atoms with Crippen LogP contribution in [0.1, 0.15) is 39.9 Å². The lowest BCUT2D eigenvalue weighted by atomic mass is 10.2. The standard InChI is InChI=1S/C16H16N2OS/c1-11-2-6-13(7-3-11)19-10-15-18-16(12-4-5-12)14(20-15)8-9-17/h2-3,6-7,12H,4-5,8,10H2,1H3. The van der Waals surface area contributed by atoms with E-state index in [1.54, 1.807) is 11.3 Å². The van der Waals surface area contributed by atoms with E-state index in [2.05, 4.69) is 18.0 Å². The molecule has 1 aromatic heterocycles. The largest absolute Gasteiger partial charge is 0.486 e. The van der Waals surface area contributed by atoms with Crippen molar-refractivity contribution >= 4 is 11.3 Å². The van der Waals surface area contributed by atoms with Gasteiger partial charge in [-0.2, -0.15) is 5.26 Å². The number of ether oxygens (including phenoxy) is 1. The first-order valence-corrected chi connectivity index (χ1v) is 7.63. The Balaban J connectivity index is 1.69. The van der Waals surface area contributed by atoms with Crippen LogP contribution in [0.3, 0.4) is 0 Å². The van der Waals surface area contributed by atoms with E-state index in [9.17, 15) is 0 Å². The second kappa shape index (κ2) is 5.64. The first-order chi connectivity index (χ1) is 9.76. The summed E-state index contributed by atoms with van der Waals surface area (Å²) in [7, 11) is 0. The highest BCUT2D eigenvalue weighted by Gasteiger charge is 2.29. The molecular formula is C16H16N2OS. The summed E-state index contributed by atoms with van der Waals surface area (Å²) in [6, 6.07) is 10.2. The minimum Gasteiger partial charge on any atom is -0.486 e. The Morgan fingerprint density at radius 3 is 2.75 bits per heavy atom. The van der Waals surface area contributed by atoms with Crippen molar-refractivity contribution in [3.05, 3.63) is 45.4 Å². The SMILES string of the molecule is Cc1ccc(OCc2nc(C3CC3)c(CC#N)s2)cc1. The summed E-state index contributed by atoms with van der Waals surface area (Å²) >= 11 is 1.62. The van der Waals surface area contributed by atoms with Crippen LogP contribution in [0.25, 0.3) is 0 Å². The molecular weight excluding hydrogens is 268 g/mol. The van der Waals surface area contributed by atoms with Crippen molar-refractivity contribution in [2.45, 2.75) is 38.7 Å². The lowest BCUT2D eigenvalue weighted by molar-refractivity contribution is 0.305. The van der Waals surface area contributed by atoms with Gasteiger partial charge in [0.05, 0.1) is 18.2 Å². The fourth-order valence-electron chi connectivity index (χ4n) is 2.13. The van der Waals surface area contributed by atoms with Gasteiger partial charge in [0.15, 0.2) is 0 Å². The number of benzene rings is 1. The highest BCUT2D eigenvalue weighted by atomic mass is 32.1. The van der Waals surface area contributed by atoms with Crippen LogP contribution in [0.5, 0.6) is 5.75 Å². The number of rotatable bonds is 5. The molecule has 1 heterocycles. The van der Waals surface area contributed by atoms with E-state index < -0.39 is 0 Å². The summed E-state index contributed by atoms with van der Waals surface area (Å²) in [6.45, 7) is 2.54. The van der Waals surface area contributed by atoms with Gasteiger partial charge in [-0.1, -0.05) is 17.7 Å². The number of hydrogen-bond acceptors (Lipinski definition) is 4. The van der Waals surface area contributed by atoms with Crippen LogP contribution in [0.4, 0.5) is 0 Å². The van der Waals surface area contributed by atoms with Crippen LogP contribution in [0.15, 0.2) is 24.3 Å². The quantitative estimate of drug-likeness (QED) is 0.834. The van der Waals surface area contributed by atoms with E-state index >= 15 is 0 Å². The maximum atomic E-state index is 8.89.